The minimum absolute atomic E-state index is 0.00111. The molecule has 4 aliphatic rings. The quantitative estimate of drug-likeness (QED) is 0.766. The number of alkyl halides is 1. The highest BCUT2D eigenvalue weighted by atomic mass is 35.5. The Bertz CT molecular complexity index is 332. The lowest BCUT2D eigenvalue weighted by molar-refractivity contribution is -0.138. The largest absolute Gasteiger partial charge is 0.383 e. The van der Waals surface area contributed by atoms with Crippen LogP contribution < -0.4 is 5.32 Å². The SMILES string of the molecule is COCC(Cl)CCNC(=O)C1C2CC3CC(C2)CC1C3. The van der Waals surface area contributed by atoms with Gasteiger partial charge >= 0.3 is 0 Å². The third-order valence-electron chi connectivity index (χ3n) is 5.63. The monoisotopic (exact) mass is 299 g/mol. The maximum atomic E-state index is 12.5. The highest BCUT2D eigenvalue weighted by Gasteiger charge is 2.50. The van der Waals surface area contributed by atoms with Crippen LogP contribution in [-0.2, 0) is 9.53 Å². The minimum atomic E-state index is -0.00111. The van der Waals surface area contributed by atoms with Crippen LogP contribution in [0.15, 0.2) is 0 Å². The summed E-state index contributed by atoms with van der Waals surface area (Å²) in [6.07, 6.45) is 7.42. The van der Waals surface area contributed by atoms with Gasteiger partial charge in [0, 0.05) is 19.6 Å². The molecule has 4 heteroatoms. The van der Waals surface area contributed by atoms with E-state index in [4.69, 9.17) is 16.3 Å². The molecule has 4 saturated carbocycles. The van der Waals surface area contributed by atoms with E-state index >= 15 is 0 Å². The van der Waals surface area contributed by atoms with E-state index in [2.05, 4.69) is 5.32 Å². The van der Waals surface area contributed by atoms with E-state index in [0.29, 0.717) is 36.8 Å². The van der Waals surface area contributed by atoms with E-state index in [1.807, 2.05) is 0 Å². The van der Waals surface area contributed by atoms with Crippen molar-refractivity contribution in [1.29, 1.82) is 0 Å². The van der Waals surface area contributed by atoms with Gasteiger partial charge in [0.05, 0.1) is 12.0 Å². The number of nitrogens with one attached hydrogen (secondary N) is 1. The Balaban J connectivity index is 1.48. The predicted molar refractivity (Wildman–Crippen MR) is 79.7 cm³/mol. The average molecular weight is 300 g/mol. The zero-order valence-electron chi connectivity index (χ0n) is 12.3. The van der Waals surface area contributed by atoms with Gasteiger partial charge in [-0.05, 0) is 62.2 Å². The Labute approximate surface area is 126 Å². The van der Waals surface area contributed by atoms with Crippen LogP contribution in [0.5, 0.6) is 0 Å². The second kappa shape index (κ2) is 6.23. The van der Waals surface area contributed by atoms with Crippen LogP contribution in [0, 0.1) is 29.6 Å². The topological polar surface area (TPSA) is 38.3 Å². The fourth-order valence-corrected chi connectivity index (χ4v) is 5.32. The Kier molecular flexibility index (Phi) is 4.56. The lowest BCUT2D eigenvalue weighted by Crippen LogP contribution is -2.51. The van der Waals surface area contributed by atoms with Crippen LogP contribution in [-0.4, -0.2) is 31.5 Å². The van der Waals surface area contributed by atoms with Crippen molar-refractivity contribution in [3.8, 4) is 0 Å². The molecular weight excluding hydrogens is 274 g/mol. The molecule has 1 unspecified atom stereocenters. The maximum absolute atomic E-state index is 12.5. The maximum Gasteiger partial charge on any atom is 0.223 e. The second-order valence-corrected chi connectivity index (χ2v) is 7.71. The second-order valence-electron chi connectivity index (χ2n) is 7.09. The summed E-state index contributed by atoms with van der Waals surface area (Å²) in [6.45, 7) is 1.23. The number of carbonyl (C=O) groups is 1. The molecule has 4 fully saturated rings. The lowest BCUT2D eigenvalue weighted by Gasteiger charge is -2.53. The molecule has 1 amide bonds. The first-order valence-corrected chi connectivity index (χ1v) is 8.51. The highest BCUT2D eigenvalue weighted by Crippen LogP contribution is 2.56. The van der Waals surface area contributed by atoms with Crippen molar-refractivity contribution in [3.63, 3.8) is 0 Å². The average Bonchev–Trinajstić information content (AvgIpc) is 2.37. The van der Waals surface area contributed by atoms with Crippen molar-refractivity contribution in [1.82, 2.24) is 5.32 Å². The van der Waals surface area contributed by atoms with Gasteiger partial charge in [0.15, 0.2) is 0 Å². The smallest absolute Gasteiger partial charge is 0.223 e. The molecule has 0 aromatic rings. The number of halogens is 1. The summed E-state index contributed by atoms with van der Waals surface area (Å²) < 4.78 is 5.01. The molecule has 0 aliphatic heterocycles. The standard InChI is InChI=1S/C16H26ClNO2/c1-20-9-14(17)2-3-18-16(19)15-12-5-10-4-11(7-12)8-13(15)6-10/h10-15H,2-9H2,1H3,(H,18,19). The van der Waals surface area contributed by atoms with Crippen molar-refractivity contribution >= 4 is 17.5 Å². The van der Waals surface area contributed by atoms with Gasteiger partial charge in [-0.3, -0.25) is 4.79 Å². The Morgan fingerprint density at radius 1 is 1.20 bits per heavy atom. The van der Waals surface area contributed by atoms with Crippen LogP contribution in [0.1, 0.15) is 38.5 Å². The van der Waals surface area contributed by atoms with Gasteiger partial charge in [-0.15, -0.1) is 11.6 Å². The summed E-state index contributed by atoms with van der Waals surface area (Å²) in [5.41, 5.74) is 0. The van der Waals surface area contributed by atoms with Crippen molar-refractivity contribution in [2.45, 2.75) is 43.9 Å². The molecule has 1 N–H and O–H groups in total. The summed E-state index contributed by atoms with van der Waals surface area (Å²) >= 11 is 6.09. The van der Waals surface area contributed by atoms with Crippen molar-refractivity contribution in [3.05, 3.63) is 0 Å². The summed E-state index contributed by atoms with van der Waals surface area (Å²) in [6, 6.07) is 0. The molecule has 4 rings (SSSR count). The first-order chi connectivity index (χ1) is 9.67. The van der Waals surface area contributed by atoms with Crippen LogP contribution in [0.25, 0.3) is 0 Å². The van der Waals surface area contributed by atoms with E-state index in [9.17, 15) is 4.79 Å². The molecule has 0 heterocycles. The molecule has 20 heavy (non-hydrogen) atoms. The van der Waals surface area contributed by atoms with Gasteiger partial charge in [0.2, 0.25) is 5.91 Å². The molecule has 0 aromatic carbocycles. The van der Waals surface area contributed by atoms with Crippen LogP contribution in [0.2, 0.25) is 0 Å². The number of methoxy groups -OCH3 is 1. The van der Waals surface area contributed by atoms with Gasteiger partial charge in [-0.25, -0.2) is 0 Å². The van der Waals surface area contributed by atoms with Gasteiger partial charge in [0.25, 0.3) is 0 Å². The molecule has 114 valence electrons. The lowest BCUT2D eigenvalue weighted by atomic mass is 9.51. The Morgan fingerprint density at radius 3 is 2.35 bits per heavy atom. The highest BCUT2D eigenvalue weighted by molar-refractivity contribution is 6.20. The molecule has 0 spiro atoms. The Hall–Kier alpha value is -0.280. The molecule has 4 bridgehead atoms. The van der Waals surface area contributed by atoms with Gasteiger partial charge in [-0.1, -0.05) is 0 Å². The molecule has 3 nitrogen and oxygen atoms in total. The van der Waals surface area contributed by atoms with E-state index in [-0.39, 0.29) is 5.38 Å². The van der Waals surface area contributed by atoms with E-state index < -0.39 is 0 Å². The van der Waals surface area contributed by atoms with Crippen LogP contribution in [0.3, 0.4) is 0 Å². The number of hydrogen-bond acceptors (Lipinski definition) is 2. The van der Waals surface area contributed by atoms with E-state index in [1.165, 1.54) is 32.1 Å². The third-order valence-corrected chi connectivity index (χ3v) is 5.98. The normalized spacial score (nSPS) is 39.8. The van der Waals surface area contributed by atoms with Crippen molar-refractivity contribution in [2.24, 2.45) is 29.6 Å². The molecule has 0 radical (unpaired) electrons. The van der Waals surface area contributed by atoms with Gasteiger partial charge < -0.3 is 10.1 Å². The van der Waals surface area contributed by atoms with Crippen LogP contribution in [0.4, 0.5) is 0 Å². The third kappa shape index (κ3) is 2.99. The van der Waals surface area contributed by atoms with Crippen LogP contribution >= 0.6 is 11.6 Å². The molecule has 0 aromatic heterocycles. The molecular formula is C16H26ClNO2. The summed E-state index contributed by atoms with van der Waals surface area (Å²) in [7, 11) is 1.66. The fourth-order valence-electron chi connectivity index (χ4n) is 5.09. The number of amides is 1. The van der Waals surface area contributed by atoms with Gasteiger partial charge in [0.1, 0.15) is 0 Å². The van der Waals surface area contributed by atoms with Crippen molar-refractivity contribution < 1.29 is 9.53 Å². The zero-order valence-corrected chi connectivity index (χ0v) is 13.1. The summed E-state index contributed by atoms with van der Waals surface area (Å²) in [5.74, 6) is 3.76. The fraction of sp³-hybridized carbons (Fsp3) is 0.938. The summed E-state index contributed by atoms with van der Waals surface area (Å²) in [5, 5.41) is 3.12. The molecule has 4 aliphatic carbocycles. The first-order valence-electron chi connectivity index (χ1n) is 8.08. The number of carbonyl (C=O) groups excluding carboxylic acids is 1. The van der Waals surface area contributed by atoms with E-state index in [0.717, 1.165) is 18.3 Å². The predicted octanol–water partition coefficient (Wildman–Crippen LogP) is 2.82. The molecule has 0 saturated heterocycles. The number of ether oxygens (including phenoxy) is 1. The summed E-state index contributed by atoms with van der Waals surface area (Å²) in [4.78, 5) is 12.5. The zero-order chi connectivity index (χ0) is 14.1. The van der Waals surface area contributed by atoms with Crippen molar-refractivity contribution in [2.75, 3.05) is 20.3 Å². The minimum Gasteiger partial charge on any atom is -0.383 e. The Morgan fingerprint density at radius 2 is 1.80 bits per heavy atom. The van der Waals surface area contributed by atoms with E-state index in [1.54, 1.807) is 7.11 Å². The molecule has 1 atom stereocenters. The number of hydrogen-bond donors (Lipinski definition) is 1. The first kappa shape index (κ1) is 14.6. The number of rotatable bonds is 6. The van der Waals surface area contributed by atoms with Gasteiger partial charge in [-0.2, -0.15) is 0 Å².